The summed E-state index contributed by atoms with van der Waals surface area (Å²) < 4.78 is 5.40. The van der Waals surface area contributed by atoms with Crippen LogP contribution < -0.4 is 4.74 Å². The van der Waals surface area contributed by atoms with E-state index in [0.29, 0.717) is 23.1 Å². The van der Waals surface area contributed by atoms with Crippen molar-refractivity contribution in [2.45, 2.75) is 45.3 Å². The molecule has 5 heteroatoms. The van der Waals surface area contributed by atoms with Crippen LogP contribution >= 0.6 is 12.6 Å². The van der Waals surface area contributed by atoms with Crippen molar-refractivity contribution < 1.29 is 14.6 Å². The van der Waals surface area contributed by atoms with Gasteiger partial charge in [0.2, 0.25) is 5.12 Å². The van der Waals surface area contributed by atoms with Gasteiger partial charge in [0.25, 0.3) is 0 Å². The third-order valence-corrected chi connectivity index (χ3v) is 5.65. The number of aliphatic hydroxyl groups is 1. The minimum absolute atomic E-state index is 0.213. The van der Waals surface area contributed by atoms with Gasteiger partial charge in [0, 0.05) is 19.1 Å². The molecule has 0 unspecified atom stereocenters. The molecule has 4 nitrogen and oxygen atoms in total. The standard InChI is InChI=1S/C19H27NO3S/c1-11(2)6-13-10-20-5-4-12-7-15(19(22)24)18(23-3)8-14(12)16(20)9-17(13)21/h7-8,11,13,16-17,21H,4-6,9-10H2,1-3H3,(H,22,24)/t13-,16-,17-/m1/s1. The van der Waals surface area contributed by atoms with Gasteiger partial charge in [-0.15, -0.1) is 12.6 Å². The summed E-state index contributed by atoms with van der Waals surface area (Å²) in [5.41, 5.74) is 2.91. The predicted octanol–water partition coefficient (Wildman–Crippen LogP) is 3.09. The molecule has 1 saturated heterocycles. The quantitative estimate of drug-likeness (QED) is 0.820. The van der Waals surface area contributed by atoms with Gasteiger partial charge in [-0.3, -0.25) is 9.69 Å². The molecule has 0 bridgehead atoms. The zero-order valence-electron chi connectivity index (χ0n) is 14.7. The molecule has 0 radical (unpaired) electrons. The third-order valence-electron chi connectivity index (χ3n) is 5.41. The zero-order chi connectivity index (χ0) is 17.4. The van der Waals surface area contributed by atoms with Crippen molar-refractivity contribution in [1.29, 1.82) is 0 Å². The summed E-state index contributed by atoms with van der Waals surface area (Å²) in [6.45, 7) is 6.35. The Morgan fingerprint density at radius 2 is 2.21 bits per heavy atom. The van der Waals surface area contributed by atoms with Gasteiger partial charge in [0.05, 0.1) is 18.8 Å². The van der Waals surface area contributed by atoms with Crippen molar-refractivity contribution >= 4 is 17.7 Å². The van der Waals surface area contributed by atoms with Crippen molar-refractivity contribution in [2.24, 2.45) is 11.8 Å². The monoisotopic (exact) mass is 349 g/mol. The lowest BCUT2D eigenvalue weighted by Crippen LogP contribution is -2.48. The second-order valence-electron chi connectivity index (χ2n) is 7.51. The molecular formula is C19H27NO3S. The minimum Gasteiger partial charge on any atom is -0.496 e. The Labute approximate surface area is 149 Å². The number of nitrogens with zero attached hydrogens (tertiary/aromatic N) is 1. The Kier molecular flexibility index (Phi) is 5.23. The zero-order valence-corrected chi connectivity index (χ0v) is 15.6. The van der Waals surface area contributed by atoms with E-state index in [1.54, 1.807) is 7.11 Å². The summed E-state index contributed by atoms with van der Waals surface area (Å²) in [7, 11) is 1.58. The minimum atomic E-state index is -0.267. The maximum Gasteiger partial charge on any atom is 0.220 e. The SMILES string of the molecule is COc1cc2c(cc1C(=O)S)CCN1C[C@@H](CC(C)C)[C@H](O)C[C@H]21. The largest absolute Gasteiger partial charge is 0.496 e. The number of carbonyl (C=O) groups excluding carboxylic acids is 1. The first kappa shape index (κ1) is 17.8. The maximum absolute atomic E-state index is 11.7. The second-order valence-corrected chi connectivity index (χ2v) is 7.92. The molecule has 0 spiro atoms. The Hall–Kier alpha value is -1.04. The van der Waals surface area contributed by atoms with Crippen molar-refractivity contribution in [3.8, 4) is 5.75 Å². The number of hydrogen-bond donors (Lipinski definition) is 2. The van der Waals surface area contributed by atoms with E-state index in [0.717, 1.165) is 32.4 Å². The van der Waals surface area contributed by atoms with Crippen molar-refractivity contribution in [2.75, 3.05) is 20.2 Å². The van der Waals surface area contributed by atoms with E-state index < -0.39 is 0 Å². The number of carbonyl (C=O) groups is 1. The second kappa shape index (κ2) is 7.06. The first-order valence-corrected chi connectivity index (χ1v) is 9.21. The number of rotatable bonds is 4. The highest BCUT2D eigenvalue weighted by Gasteiger charge is 2.38. The number of piperidine rings is 1. The fourth-order valence-electron chi connectivity index (χ4n) is 4.30. The molecule has 0 saturated carbocycles. The van der Waals surface area contributed by atoms with Crippen LogP contribution in [-0.2, 0) is 6.42 Å². The van der Waals surface area contributed by atoms with Crippen LogP contribution in [0, 0.1) is 11.8 Å². The number of methoxy groups -OCH3 is 1. The first-order valence-electron chi connectivity index (χ1n) is 8.77. The molecule has 0 amide bonds. The Morgan fingerprint density at radius 3 is 2.83 bits per heavy atom. The summed E-state index contributed by atoms with van der Waals surface area (Å²) in [6, 6.07) is 4.11. The molecule has 0 aliphatic carbocycles. The van der Waals surface area contributed by atoms with Crippen LogP contribution in [0.25, 0.3) is 0 Å². The molecule has 3 atom stereocenters. The molecule has 2 heterocycles. The Morgan fingerprint density at radius 1 is 1.46 bits per heavy atom. The first-order chi connectivity index (χ1) is 11.4. The lowest BCUT2D eigenvalue weighted by atomic mass is 9.79. The number of aliphatic hydroxyl groups excluding tert-OH is 1. The van der Waals surface area contributed by atoms with Crippen LogP contribution in [0.5, 0.6) is 5.75 Å². The summed E-state index contributed by atoms with van der Waals surface area (Å²) >= 11 is 3.96. The van der Waals surface area contributed by atoms with Crippen LogP contribution in [0.1, 0.15) is 54.2 Å². The highest BCUT2D eigenvalue weighted by molar-refractivity contribution is 7.97. The van der Waals surface area contributed by atoms with Gasteiger partial charge in [-0.25, -0.2) is 0 Å². The topological polar surface area (TPSA) is 49.8 Å². The molecular weight excluding hydrogens is 322 g/mol. The molecule has 3 rings (SSSR count). The van der Waals surface area contributed by atoms with Crippen molar-refractivity contribution in [3.05, 3.63) is 28.8 Å². The molecule has 24 heavy (non-hydrogen) atoms. The number of fused-ring (bicyclic) bond motifs is 3. The van der Waals surface area contributed by atoms with Gasteiger partial charge < -0.3 is 9.84 Å². The Balaban J connectivity index is 1.90. The summed E-state index contributed by atoms with van der Waals surface area (Å²) in [6.07, 6.45) is 2.47. The average molecular weight is 349 g/mol. The average Bonchev–Trinajstić information content (AvgIpc) is 2.53. The number of benzene rings is 1. The van der Waals surface area contributed by atoms with Gasteiger partial charge >= 0.3 is 0 Å². The van der Waals surface area contributed by atoms with E-state index >= 15 is 0 Å². The summed E-state index contributed by atoms with van der Waals surface area (Å²) in [5.74, 6) is 1.53. The van der Waals surface area contributed by atoms with Crippen LogP contribution in [0.15, 0.2) is 12.1 Å². The van der Waals surface area contributed by atoms with E-state index in [1.165, 1.54) is 11.1 Å². The normalized spacial score (nSPS) is 26.8. The number of hydrogen-bond acceptors (Lipinski definition) is 4. The third kappa shape index (κ3) is 3.35. The molecule has 1 N–H and O–H groups in total. The highest BCUT2D eigenvalue weighted by atomic mass is 32.1. The van der Waals surface area contributed by atoms with Gasteiger partial charge in [-0.1, -0.05) is 13.8 Å². The van der Waals surface area contributed by atoms with Crippen LogP contribution in [0.2, 0.25) is 0 Å². The smallest absolute Gasteiger partial charge is 0.220 e. The molecule has 2 aliphatic heterocycles. The summed E-state index contributed by atoms with van der Waals surface area (Å²) in [5, 5.41) is 10.4. The molecule has 0 aromatic heterocycles. The highest BCUT2D eigenvalue weighted by Crippen LogP contribution is 2.42. The summed E-state index contributed by atoms with van der Waals surface area (Å²) in [4.78, 5) is 14.2. The molecule has 1 aromatic rings. The maximum atomic E-state index is 11.7. The van der Waals surface area contributed by atoms with Crippen LogP contribution in [-0.4, -0.2) is 41.4 Å². The van der Waals surface area contributed by atoms with E-state index in [2.05, 4.69) is 31.4 Å². The lowest BCUT2D eigenvalue weighted by Gasteiger charge is -2.46. The van der Waals surface area contributed by atoms with E-state index in [9.17, 15) is 9.90 Å². The fraction of sp³-hybridized carbons (Fsp3) is 0.632. The molecule has 2 aliphatic rings. The van der Waals surface area contributed by atoms with Gasteiger partial charge in [-0.2, -0.15) is 0 Å². The molecule has 132 valence electrons. The predicted molar refractivity (Wildman–Crippen MR) is 97.9 cm³/mol. The van der Waals surface area contributed by atoms with Crippen molar-refractivity contribution in [1.82, 2.24) is 4.90 Å². The van der Waals surface area contributed by atoms with E-state index in [1.807, 2.05) is 12.1 Å². The van der Waals surface area contributed by atoms with Gasteiger partial charge in [0.1, 0.15) is 5.75 Å². The van der Waals surface area contributed by atoms with E-state index in [4.69, 9.17) is 4.74 Å². The van der Waals surface area contributed by atoms with Crippen molar-refractivity contribution in [3.63, 3.8) is 0 Å². The number of thiol groups is 1. The van der Waals surface area contributed by atoms with Gasteiger partial charge in [0.15, 0.2) is 0 Å². The van der Waals surface area contributed by atoms with E-state index in [-0.39, 0.29) is 17.3 Å². The molecule has 1 aromatic carbocycles. The van der Waals surface area contributed by atoms with Crippen LogP contribution in [0.4, 0.5) is 0 Å². The Bertz CT molecular complexity index is 631. The lowest BCUT2D eigenvalue weighted by molar-refractivity contribution is -0.0191. The molecule has 1 fully saturated rings. The fourth-order valence-corrected chi connectivity index (χ4v) is 4.47. The van der Waals surface area contributed by atoms with Crippen LogP contribution in [0.3, 0.4) is 0 Å². The van der Waals surface area contributed by atoms with Gasteiger partial charge in [-0.05, 0) is 54.4 Å². The number of ether oxygens (including phenoxy) is 1.